The van der Waals surface area contributed by atoms with Gasteiger partial charge in [-0.25, -0.2) is 0 Å². The van der Waals surface area contributed by atoms with Gasteiger partial charge in [-0.1, -0.05) is 16.8 Å². The zero-order valence-corrected chi connectivity index (χ0v) is 14.7. The molecule has 136 valence electrons. The Hall–Kier alpha value is -2.93. The molecule has 0 bridgehead atoms. The molecule has 0 aromatic heterocycles. The molecule has 1 amide bonds. The smallest absolute Gasteiger partial charge is 0.265 e. The van der Waals surface area contributed by atoms with Crippen LogP contribution >= 0.6 is 11.6 Å². The number of hydrogen-bond acceptors (Lipinski definition) is 5. The first-order valence-electron chi connectivity index (χ1n) is 8.03. The van der Waals surface area contributed by atoms with Crippen LogP contribution in [0.25, 0.3) is 0 Å². The fourth-order valence-electron chi connectivity index (χ4n) is 2.27. The average Bonchev–Trinajstić information content (AvgIpc) is 2.87. The summed E-state index contributed by atoms with van der Waals surface area (Å²) in [5.41, 5.74) is 7.03. The van der Waals surface area contributed by atoms with E-state index in [9.17, 15) is 4.79 Å². The summed E-state index contributed by atoms with van der Waals surface area (Å²) in [7, 11) is 0. The number of ether oxygens (including phenoxy) is 2. The Morgan fingerprint density at radius 2 is 1.88 bits per heavy atom. The quantitative estimate of drug-likeness (QED) is 0.476. The van der Waals surface area contributed by atoms with E-state index >= 15 is 0 Å². The Kier molecular flexibility index (Phi) is 5.80. The topological polar surface area (TPSA) is 95.2 Å². The van der Waals surface area contributed by atoms with E-state index in [1.807, 2.05) is 0 Å². The first-order valence-corrected chi connectivity index (χ1v) is 8.40. The van der Waals surface area contributed by atoms with Crippen LogP contribution in [0.1, 0.15) is 12.0 Å². The molecule has 0 saturated heterocycles. The highest BCUT2D eigenvalue weighted by Crippen LogP contribution is 2.32. The highest BCUT2D eigenvalue weighted by molar-refractivity contribution is 6.30. The molecule has 1 heterocycles. The number of nitrogens with two attached hydrogens (primary N) is 1. The first-order chi connectivity index (χ1) is 12.6. The monoisotopic (exact) mass is 375 g/mol. The Balaban J connectivity index is 1.53. The fourth-order valence-corrected chi connectivity index (χ4v) is 2.40. The van der Waals surface area contributed by atoms with Gasteiger partial charge in [-0.15, -0.1) is 0 Å². The number of rotatable bonds is 5. The minimum atomic E-state index is -0.368. The van der Waals surface area contributed by atoms with Crippen molar-refractivity contribution in [1.29, 1.82) is 0 Å². The number of carbonyl (C=O) groups excluding carboxylic acids is 1. The predicted molar refractivity (Wildman–Crippen MR) is 98.8 cm³/mol. The van der Waals surface area contributed by atoms with Gasteiger partial charge in [0.25, 0.3) is 5.91 Å². The van der Waals surface area contributed by atoms with Crippen LogP contribution in [0.5, 0.6) is 11.5 Å². The second-order valence-electron chi connectivity index (χ2n) is 5.52. The Bertz CT molecular complexity index is 809. The zero-order valence-electron chi connectivity index (χ0n) is 13.9. The molecule has 3 rings (SSSR count). The molecule has 0 radical (unpaired) electrons. The molecule has 2 aromatic carbocycles. The molecule has 0 spiro atoms. The van der Waals surface area contributed by atoms with Gasteiger partial charge in [0, 0.05) is 28.8 Å². The Morgan fingerprint density at radius 1 is 1.15 bits per heavy atom. The molecule has 26 heavy (non-hydrogen) atoms. The SMILES string of the molecule is N/C(=N/OCC(=O)Nc1ccc2c(c1)OCCCO2)c1ccc(Cl)cc1. The fraction of sp³-hybridized carbons (Fsp3) is 0.222. The van der Waals surface area contributed by atoms with Crippen molar-refractivity contribution in [1.82, 2.24) is 0 Å². The van der Waals surface area contributed by atoms with Crippen molar-refractivity contribution >= 4 is 29.0 Å². The summed E-state index contributed by atoms with van der Waals surface area (Å²) >= 11 is 5.81. The standard InChI is InChI=1S/C18H18ClN3O4/c19-13-4-2-12(3-5-13)18(20)22-26-11-17(23)21-14-6-7-15-16(10-14)25-9-1-8-24-15/h2-7,10H,1,8-9,11H2,(H2,20,22)(H,21,23). The molecule has 0 unspecified atom stereocenters. The van der Waals surface area contributed by atoms with Gasteiger partial charge in [-0.05, 0) is 36.4 Å². The van der Waals surface area contributed by atoms with Gasteiger partial charge in [0.2, 0.25) is 0 Å². The van der Waals surface area contributed by atoms with Crippen molar-refractivity contribution in [2.75, 3.05) is 25.1 Å². The van der Waals surface area contributed by atoms with Gasteiger partial charge < -0.3 is 25.4 Å². The molecule has 0 atom stereocenters. The highest BCUT2D eigenvalue weighted by Gasteiger charge is 2.12. The van der Waals surface area contributed by atoms with Gasteiger partial charge in [-0.2, -0.15) is 0 Å². The van der Waals surface area contributed by atoms with E-state index in [0.29, 0.717) is 41.0 Å². The Morgan fingerprint density at radius 3 is 2.65 bits per heavy atom. The number of nitrogens with one attached hydrogen (secondary N) is 1. The van der Waals surface area contributed by atoms with Crippen molar-refractivity contribution < 1.29 is 19.1 Å². The average molecular weight is 376 g/mol. The van der Waals surface area contributed by atoms with Gasteiger partial charge in [0.05, 0.1) is 13.2 Å². The number of benzene rings is 2. The number of carbonyl (C=O) groups is 1. The van der Waals surface area contributed by atoms with Crippen LogP contribution in [0.2, 0.25) is 5.02 Å². The third-order valence-corrected chi connectivity index (χ3v) is 3.78. The second kappa shape index (κ2) is 8.44. The molecule has 1 aliphatic rings. The predicted octanol–water partition coefficient (Wildman–Crippen LogP) is 2.78. The lowest BCUT2D eigenvalue weighted by Gasteiger charge is -2.10. The van der Waals surface area contributed by atoms with Crippen LogP contribution in [0.4, 0.5) is 5.69 Å². The van der Waals surface area contributed by atoms with Gasteiger partial charge in [0.1, 0.15) is 0 Å². The third-order valence-electron chi connectivity index (χ3n) is 3.53. The molecule has 0 fully saturated rings. The lowest BCUT2D eigenvalue weighted by atomic mass is 10.2. The van der Waals surface area contributed by atoms with Gasteiger partial charge in [-0.3, -0.25) is 4.79 Å². The van der Waals surface area contributed by atoms with E-state index in [2.05, 4.69) is 10.5 Å². The molecule has 0 saturated carbocycles. The van der Waals surface area contributed by atoms with Crippen LogP contribution in [0, 0.1) is 0 Å². The molecular weight excluding hydrogens is 358 g/mol. The van der Waals surface area contributed by atoms with E-state index in [0.717, 1.165) is 6.42 Å². The minimum absolute atomic E-state index is 0.157. The van der Waals surface area contributed by atoms with Crippen molar-refractivity contribution in [2.45, 2.75) is 6.42 Å². The van der Waals surface area contributed by atoms with E-state index in [1.54, 1.807) is 42.5 Å². The second-order valence-corrected chi connectivity index (χ2v) is 5.95. The third kappa shape index (κ3) is 4.80. The number of halogens is 1. The zero-order chi connectivity index (χ0) is 18.4. The summed E-state index contributed by atoms with van der Waals surface area (Å²) < 4.78 is 11.1. The highest BCUT2D eigenvalue weighted by atomic mass is 35.5. The maximum absolute atomic E-state index is 12.0. The molecule has 3 N–H and O–H groups in total. The molecular formula is C18H18ClN3O4. The summed E-state index contributed by atoms with van der Waals surface area (Å²) in [6.45, 7) is 0.911. The van der Waals surface area contributed by atoms with Crippen molar-refractivity contribution in [2.24, 2.45) is 10.9 Å². The van der Waals surface area contributed by atoms with Crippen molar-refractivity contribution in [3.05, 3.63) is 53.1 Å². The lowest BCUT2D eigenvalue weighted by molar-refractivity contribution is -0.120. The van der Waals surface area contributed by atoms with Crippen LogP contribution < -0.4 is 20.5 Å². The molecule has 7 nitrogen and oxygen atoms in total. The number of nitrogens with zero attached hydrogens (tertiary/aromatic N) is 1. The van der Waals surface area contributed by atoms with Crippen LogP contribution in [-0.4, -0.2) is 31.6 Å². The molecule has 0 aliphatic carbocycles. The molecule has 2 aromatic rings. The number of oxime groups is 1. The maximum atomic E-state index is 12.0. The number of amides is 1. The summed E-state index contributed by atoms with van der Waals surface area (Å²) in [4.78, 5) is 17.0. The Labute approximate surface area is 155 Å². The largest absolute Gasteiger partial charge is 0.490 e. The normalized spacial score (nSPS) is 13.7. The summed E-state index contributed by atoms with van der Waals surface area (Å²) in [6.07, 6.45) is 0.817. The lowest BCUT2D eigenvalue weighted by Crippen LogP contribution is -2.19. The van der Waals surface area contributed by atoms with E-state index in [-0.39, 0.29) is 18.3 Å². The number of anilines is 1. The maximum Gasteiger partial charge on any atom is 0.265 e. The van der Waals surface area contributed by atoms with Gasteiger partial charge in [0.15, 0.2) is 23.9 Å². The summed E-state index contributed by atoms with van der Waals surface area (Å²) in [6, 6.07) is 12.0. The first kappa shape index (κ1) is 17.9. The van der Waals surface area contributed by atoms with Crippen molar-refractivity contribution in [3.8, 4) is 11.5 Å². The number of fused-ring (bicyclic) bond motifs is 1. The summed E-state index contributed by atoms with van der Waals surface area (Å²) in [5.74, 6) is 1.06. The van der Waals surface area contributed by atoms with Crippen LogP contribution in [-0.2, 0) is 9.63 Å². The number of hydrogen-bond donors (Lipinski definition) is 2. The van der Waals surface area contributed by atoms with Crippen LogP contribution in [0.3, 0.4) is 0 Å². The van der Waals surface area contributed by atoms with E-state index < -0.39 is 0 Å². The number of amidine groups is 1. The molecule has 1 aliphatic heterocycles. The minimum Gasteiger partial charge on any atom is -0.490 e. The van der Waals surface area contributed by atoms with Crippen molar-refractivity contribution in [3.63, 3.8) is 0 Å². The van der Waals surface area contributed by atoms with Gasteiger partial charge >= 0.3 is 0 Å². The molecule has 8 heteroatoms. The summed E-state index contributed by atoms with van der Waals surface area (Å²) in [5, 5.41) is 7.03. The van der Waals surface area contributed by atoms with Crippen LogP contribution in [0.15, 0.2) is 47.6 Å². The van der Waals surface area contributed by atoms with E-state index in [4.69, 9.17) is 31.6 Å². The van der Waals surface area contributed by atoms with E-state index in [1.165, 1.54) is 0 Å².